The smallest absolute Gasteiger partial charge is 0.224 e. The van der Waals surface area contributed by atoms with Gasteiger partial charge in [-0.05, 0) is 42.7 Å². The zero-order valence-electron chi connectivity index (χ0n) is 11.7. The normalized spacial score (nSPS) is 13.5. The number of halogens is 1. The Labute approximate surface area is 122 Å². The highest BCUT2D eigenvalue weighted by molar-refractivity contribution is 5.94. The Kier molecular flexibility index (Phi) is 3.56. The first-order valence-electron chi connectivity index (χ1n) is 6.89. The molecule has 0 unspecified atom stereocenters. The van der Waals surface area contributed by atoms with E-state index >= 15 is 0 Å². The third kappa shape index (κ3) is 3.02. The van der Waals surface area contributed by atoms with Crippen molar-refractivity contribution in [2.45, 2.75) is 26.3 Å². The molecule has 5 heteroatoms. The van der Waals surface area contributed by atoms with Crippen LogP contribution >= 0.6 is 0 Å². The van der Waals surface area contributed by atoms with Gasteiger partial charge in [0.15, 0.2) is 0 Å². The van der Waals surface area contributed by atoms with Gasteiger partial charge in [0, 0.05) is 18.3 Å². The van der Waals surface area contributed by atoms with Crippen LogP contribution in [0.5, 0.6) is 0 Å². The lowest BCUT2D eigenvalue weighted by molar-refractivity contribution is -0.116. The summed E-state index contributed by atoms with van der Waals surface area (Å²) in [6, 6.07) is 7.00. The molecule has 2 aromatic rings. The Bertz CT molecular complexity index is 683. The first-order valence-corrected chi connectivity index (χ1v) is 6.89. The number of fused-ring (bicyclic) bond motifs is 1. The Morgan fingerprint density at radius 2 is 2.19 bits per heavy atom. The minimum Gasteiger partial charge on any atom is -0.377 e. The van der Waals surface area contributed by atoms with Crippen molar-refractivity contribution in [2.24, 2.45) is 0 Å². The topological polar surface area (TPSA) is 54.0 Å². The van der Waals surface area contributed by atoms with Crippen LogP contribution in [-0.2, 0) is 17.8 Å². The first-order chi connectivity index (χ1) is 10.1. The average Bonchev–Trinajstić information content (AvgIpc) is 2.47. The standard InChI is InChI=1S/C16H16FN3O/c1-10-2-4-12(18-8-10)9-19-15-7-14-11(6-13(15)17)3-5-16(21)20-14/h2,4,6-8,19H,3,5,9H2,1H3,(H,20,21). The molecule has 0 radical (unpaired) electrons. The summed E-state index contributed by atoms with van der Waals surface area (Å²) in [5.74, 6) is -0.336. The van der Waals surface area contributed by atoms with Crippen molar-refractivity contribution in [3.8, 4) is 0 Å². The molecule has 21 heavy (non-hydrogen) atoms. The molecule has 0 fully saturated rings. The first kappa shape index (κ1) is 13.5. The summed E-state index contributed by atoms with van der Waals surface area (Å²) in [6.07, 6.45) is 2.77. The molecule has 0 spiro atoms. The molecule has 4 nitrogen and oxygen atoms in total. The predicted molar refractivity (Wildman–Crippen MR) is 79.7 cm³/mol. The Morgan fingerprint density at radius 1 is 1.33 bits per heavy atom. The van der Waals surface area contributed by atoms with E-state index in [1.54, 1.807) is 12.3 Å². The Balaban J connectivity index is 1.77. The second-order valence-corrected chi connectivity index (χ2v) is 5.22. The van der Waals surface area contributed by atoms with Gasteiger partial charge in [0.25, 0.3) is 0 Å². The van der Waals surface area contributed by atoms with Crippen molar-refractivity contribution in [1.29, 1.82) is 0 Å². The minimum atomic E-state index is -0.308. The second-order valence-electron chi connectivity index (χ2n) is 5.22. The van der Waals surface area contributed by atoms with Crippen LogP contribution < -0.4 is 10.6 Å². The fourth-order valence-electron chi connectivity index (χ4n) is 2.32. The van der Waals surface area contributed by atoms with Crippen LogP contribution in [-0.4, -0.2) is 10.9 Å². The molecule has 1 aromatic heterocycles. The van der Waals surface area contributed by atoms with E-state index in [1.807, 2.05) is 19.1 Å². The highest BCUT2D eigenvalue weighted by Crippen LogP contribution is 2.28. The maximum absolute atomic E-state index is 14.0. The van der Waals surface area contributed by atoms with Crippen LogP contribution in [0, 0.1) is 12.7 Å². The quantitative estimate of drug-likeness (QED) is 0.911. The molecule has 2 heterocycles. The van der Waals surface area contributed by atoms with Crippen molar-refractivity contribution in [3.63, 3.8) is 0 Å². The summed E-state index contributed by atoms with van der Waals surface area (Å²) in [5.41, 5.74) is 3.82. The number of aromatic nitrogens is 1. The molecule has 0 saturated heterocycles. The number of carbonyl (C=O) groups excluding carboxylic acids is 1. The third-order valence-corrected chi connectivity index (χ3v) is 3.52. The fourth-order valence-corrected chi connectivity index (χ4v) is 2.32. The largest absolute Gasteiger partial charge is 0.377 e. The zero-order valence-corrected chi connectivity index (χ0v) is 11.7. The maximum Gasteiger partial charge on any atom is 0.224 e. The molecule has 0 atom stereocenters. The number of hydrogen-bond acceptors (Lipinski definition) is 3. The van der Waals surface area contributed by atoms with E-state index in [1.165, 1.54) is 6.07 Å². The van der Waals surface area contributed by atoms with E-state index in [0.29, 0.717) is 30.8 Å². The summed E-state index contributed by atoms with van der Waals surface area (Å²) in [6.45, 7) is 2.40. The van der Waals surface area contributed by atoms with E-state index in [0.717, 1.165) is 16.8 Å². The highest BCUT2D eigenvalue weighted by atomic mass is 19.1. The van der Waals surface area contributed by atoms with Gasteiger partial charge >= 0.3 is 0 Å². The predicted octanol–water partition coefficient (Wildman–Crippen LogP) is 3.03. The minimum absolute atomic E-state index is 0.0275. The number of benzene rings is 1. The number of hydrogen-bond donors (Lipinski definition) is 2. The maximum atomic E-state index is 14.0. The number of rotatable bonds is 3. The summed E-state index contributed by atoms with van der Waals surface area (Å²) >= 11 is 0. The monoisotopic (exact) mass is 285 g/mol. The molecule has 1 aromatic carbocycles. The van der Waals surface area contributed by atoms with E-state index in [-0.39, 0.29) is 11.7 Å². The van der Waals surface area contributed by atoms with Gasteiger partial charge in [-0.15, -0.1) is 0 Å². The number of amides is 1. The summed E-state index contributed by atoms with van der Waals surface area (Å²) in [4.78, 5) is 15.7. The van der Waals surface area contributed by atoms with Gasteiger partial charge in [0.05, 0.1) is 17.9 Å². The molecule has 0 saturated carbocycles. The van der Waals surface area contributed by atoms with Crippen molar-refractivity contribution >= 4 is 17.3 Å². The number of aryl methyl sites for hydroxylation is 2. The van der Waals surface area contributed by atoms with Crippen LogP contribution in [0.4, 0.5) is 15.8 Å². The van der Waals surface area contributed by atoms with Gasteiger partial charge in [0.1, 0.15) is 5.82 Å². The second kappa shape index (κ2) is 5.52. The van der Waals surface area contributed by atoms with Crippen LogP contribution in [0.1, 0.15) is 23.2 Å². The summed E-state index contributed by atoms with van der Waals surface area (Å²) in [5, 5.41) is 5.80. The van der Waals surface area contributed by atoms with Crippen molar-refractivity contribution in [1.82, 2.24) is 4.98 Å². The van der Waals surface area contributed by atoms with Gasteiger partial charge < -0.3 is 10.6 Å². The van der Waals surface area contributed by atoms with Crippen LogP contribution in [0.25, 0.3) is 0 Å². The van der Waals surface area contributed by atoms with Crippen molar-refractivity contribution in [2.75, 3.05) is 10.6 Å². The molecular formula is C16H16FN3O. The van der Waals surface area contributed by atoms with Crippen molar-refractivity contribution < 1.29 is 9.18 Å². The van der Waals surface area contributed by atoms with E-state index in [2.05, 4.69) is 15.6 Å². The van der Waals surface area contributed by atoms with Gasteiger partial charge in [-0.1, -0.05) is 6.07 Å². The summed E-state index contributed by atoms with van der Waals surface area (Å²) < 4.78 is 14.0. The molecule has 2 N–H and O–H groups in total. The van der Waals surface area contributed by atoms with Gasteiger partial charge in [-0.2, -0.15) is 0 Å². The van der Waals surface area contributed by atoms with Crippen LogP contribution in [0.2, 0.25) is 0 Å². The SMILES string of the molecule is Cc1ccc(CNc2cc3c(cc2F)CCC(=O)N3)nc1. The molecule has 3 rings (SSSR count). The number of nitrogens with zero attached hydrogens (tertiary/aromatic N) is 1. The van der Waals surface area contributed by atoms with Crippen LogP contribution in [0.15, 0.2) is 30.5 Å². The van der Waals surface area contributed by atoms with Crippen molar-refractivity contribution in [3.05, 3.63) is 53.1 Å². The third-order valence-electron chi connectivity index (χ3n) is 3.52. The lowest BCUT2D eigenvalue weighted by Gasteiger charge is -2.18. The van der Waals surface area contributed by atoms with Gasteiger partial charge in [0.2, 0.25) is 5.91 Å². The molecule has 0 aliphatic carbocycles. The van der Waals surface area contributed by atoms with E-state index in [9.17, 15) is 9.18 Å². The molecule has 0 bridgehead atoms. The number of nitrogens with one attached hydrogen (secondary N) is 2. The zero-order chi connectivity index (χ0) is 14.8. The lowest BCUT2D eigenvalue weighted by Crippen LogP contribution is -2.19. The number of anilines is 2. The molecule has 1 aliphatic rings. The molecule has 1 aliphatic heterocycles. The van der Waals surface area contributed by atoms with Gasteiger partial charge in [-0.25, -0.2) is 4.39 Å². The van der Waals surface area contributed by atoms with E-state index < -0.39 is 0 Å². The number of carbonyl (C=O) groups is 1. The average molecular weight is 285 g/mol. The summed E-state index contributed by atoms with van der Waals surface area (Å²) in [7, 11) is 0. The molecule has 108 valence electrons. The van der Waals surface area contributed by atoms with Crippen LogP contribution in [0.3, 0.4) is 0 Å². The molecular weight excluding hydrogens is 269 g/mol. The number of pyridine rings is 1. The highest BCUT2D eigenvalue weighted by Gasteiger charge is 2.17. The Morgan fingerprint density at radius 3 is 2.95 bits per heavy atom. The molecule has 1 amide bonds. The van der Waals surface area contributed by atoms with E-state index in [4.69, 9.17) is 0 Å². The lowest BCUT2D eigenvalue weighted by atomic mass is 10.0. The fraction of sp³-hybridized carbons (Fsp3) is 0.250. The Hall–Kier alpha value is -2.43. The van der Waals surface area contributed by atoms with Gasteiger partial charge in [-0.3, -0.25) is 9.78 Å².